The fraction of sp³-hybridized carbons (Fsp3) is 0.200. The van der Waals surface area contributed by atoms with Crippen molar-refractivity contribution in [3.8, 4) is 5.75 Å². The van der Waals surface area contributed by atoms with Crippen LogP contribution in [0.25, 0.3) is 21.7 Å². The van der Waals surface area contributed by atoms with E-state index in [4.69, 9.17) is 9.15 Å². The quantitative estimate of drug-likeness (QED) is 0.367. The molecule has 6 nitrogen and oxygen atoms in total. The van der Waals surface area contributed by atoms with Crippen LogP contribution in [0.4, 0.5) is 0 Å². The van der Waals surface area contributed by atoms with Crippen LogP contribution in [-0.2, 0) is 4.79 Å². The first-order valence-corrected chi connectivity index (χ1v) is 10.1. The zero-order chi connectivity index (χ0) is 22.0. The van der Waals surface area contributed by atoms with Gasteiger partial charge < -0.3 is 19.6 Å². The summed E-state index contributed by atoms with van der Waals surface area (Å²) in [6.45, 7) is 3.50. The molecule has 0 radical (unpaired) electrons. The van der Waals surface area contributed by atoms with Gasteiger partial charge >= 0.3 is 5.63 Å². The lowest BCUT2D eigenvalue weighted by atomic mass is 10.0. The lowest BCUT2D eigenvalue weighted by molar-refractivity contribution is -0.127. The molecule has 2 atom stereocenters. The number of benzene rings is 3. The molecule has 158 valence electrons. The number of carbonyl (C=O) groups is 1. The van der Waals surface area contributed by atoms with Gasteiger partial charge in [0, 0.05) is 17.5 Å². The fourth-order valence-corrected chi connectivity index (χ4v) is 3.57. The summed E-state index contributed by atoms with van der Waals surface area (Å²) in [7, 11) is 0. The maximum atomic E-state index is 12.5. The molecule has 1 aromatic heterocycles. The molecule has 0 bridgehead atoms. The van der Waals surface area contributed by atoms with E-state index in [9.17, 15) is 14.7 Å². The van der Waals surface area contributed by atoms with Gasteiger partial charge in [-0.15, -0.1) is 0 Å². The van der Waals surface area contributed by atoms with E-state index in [-0.39, 0.29) is 12.5 Å². The van der Waals surface area contributed by atoms with Crippen molar-refractivity contribution in [2.24, 2.45) is 0 Å². The molecule has 4 aromatic rings. The van der Waals surface area contributed by atoms with Crippen molar-refractivity contribution in [1.82, 2.24) is 5.32 Å². The van der Waals surface area contributed by atoms with E-state index in [1.807, 2.05) is 36.4 Å². The SMILES string of the molecule is Cc1c(OC(C)C(=O)NCC(O)c2ccccc2)ccc2c1oc(=O)c1ccccc12. The first kappa shape index (κ1) is 20.6. The van der Waals surface area contributed by atoms with Crippen molar-refractivity contribution in [3.05, 3.63) is 88.3 Å². The van der Waals surface area contributed by atoms with Crippen LogP contribution in [-0.4, -0.2) is 23.7 Å². The zero-order valence-corrected chi connectivity index (χ0v) is 17.3. The van der Waals surface area contributed by atoms with Crippen LogP contribution in [0.2, 0.25) is 0 Å². The molecule has 2 N–H and O–H groups in total. The minimum atomic E-state index is -0.803. The maximum Gasteiger partial charge on any atom is 0.344 e. The second kappa shape index (κ2) is 8.62. The second-order valence-corrected chi connectivity index (χ2v) is 7.43. The highest BCUT2D eigenvalue weighted by molar-refractivity contribution is 6.05. The molecule has 4 rings (SSSR count). The van der Waals surface area contributed by atoms with E-state index in [0.29, 0.717) is 22.3 Å². The highest BCUT2D eigenvalue weighted by Gasteiger charge is 2.19. The molecule has 31 heavy (non-hydrogen) atoms. The Morgan fingerprint density at radius 1 is 1.00 bits per heavy atom. The standard InChI is InChI=1S/C25H23NO5/c1-15-22(13-12-19-18-10-6-7-11-20(18)25(29)31-23(15)19)30-16(2)24(28)26-14-21(27)17-8-4-3-5-9-17/h3-13,16,21,27H,14H2,1-2H3,(H,26,28). The smallest absolute Gasteiger partial charge is 0.344 e. The Labute approximate surface area is 179 Å². The Bertz CT molecular complexity index is 1300. The van der Waals surface area contributed by atoms with Crippen LogP contribution in [0, 0.1) is 6.92 Å². The summed E-state index contributed by atoms with van der Waals surface area (Å²) in [5, 5.41) is 15.1. The number of aryl methyl sites for hydroxylation is 1. The van der Waals surface area contributed by atoms with Gasteiger partial charge in [-0.2, -0.15) is 0 Å². The van der Waals surface area contributed by atoms with Gasteiger partial charge in [-0.1, -0.05) is 48.5 Å². The molecular formula is C25H23NO5. The number of aliphatic hydroxyl groups excluding tert-OH is 1. The highest BCUT2D eigenvalue weighted by Crippen LogP contribution is 2.31. The van der Waals surface area contributed by atoms with E-state index in [0.717, 1.165) is 16.3 Å². The van der Waals surface area contributed by atoms with Crippen LogP contribution < -0.4 is 15.7 Å². The lowest BCUT2D eigenvalue weighted by Crippen LogP contribution is -2.38. The van der Waals surface area contributed by atoms with Gasteiger partial charge in [0.2, 0.25) is 0 Å². The van der Waals surface area contributed by atoms with Crippen LogP contribution in [0.3, 0.4) is 0 Å². The Morgan fingerprint density at radius 3 is 2.42 bits per heavy atom. The number of carbonyl (C=O) groups excluding carboxylic acids is 1. The van der Waals surface area contributed by atoms with E-state index in [1.165, 1.54) is 0 Å². The number of ether oxygens (including phenoxy) is 1. The van der Waals surface area contributed by atoms with Crippen molar-refractivity contribution in [2.75, 3.05) is 6.54 Å². The molecule has 0 saturated heterocycles. The number of fused-ring (bicyclic) bond motifs is 3. The van der Waals surface area contributed by atoms with Gasteiger partial charge in [0.1, 0.15) is 11.3 Å². The number of rotatable bonds is 6. The van der Waals surface area contributed by atoms with Gasteiger partial charge in [-0.25, -0.2) is 4.79 Å². The summed E-state index contributed by atoms with van der Waals surface area (Å²) in [4.78, 5) is 24.8. The summed E-state index contributed by atoms with van der Waals surface area (Å²) in [5.74, 6) is 0.103. The molecule has 1 amide bonds. The number of nitrogens with one attached hydrogen (secondary N) is 1. The van der Waals surface area contributed by atoms with E-state index >= 15 is 0 Å². The molecular weight excluding hydrogens is 394 g/mol. The summed E-state index contributed by atoms with van der Waals surface area (Å²) >= 11 is 0. The molecule has 0 saturated carbocycles. The van der Waals surface area contributed by atoms with Crippen molar-refractivity contribution in [3.63, 3.8) is 0 Å². The third-order valence-corrected chi connectivity index (χ3v) is 5.32. The number of hydrogen-bond donors (Lipinski definition) is 2. The Kier molecular flexibility index (Phi) is 5.73. The van der Waals surface area contributed by atoms with Crippen molar-refractivity contribution < 1.29 is 19.1 Å². The number of amides is 1. The molecule has 0 spiro atoms. The van der Waals surface area contributed by atoms with E-state index < -0.39 is 17.8 Å². The number of aliphatic hydroxyl groups is 1. The minimum Gasteiger partial charge on any atom is -0.480 e. The topological polar surface area (TPSA) is 88.8 Å². The van der Waals surface area contributed by atoms with Gasteiger partial charge in [0.05, 0.1) is 11.5 Å². The van der Waals surface area contributed by atoms with Crippen LogP contribution in [0.1, 0.15) is 24.2 Å². The van der Waals surface area contributed by atoms with Gasteiger partial charge in [-0.3, -0.25) is 4.79 Å². The van der Waals surface area contributed by atoms with Gasteiger partial charge in [0.15, 0.2) is 6.10 Å². The summed E-state index contributed by atoms with van der Waals surface area (Å²) in [6.07, 6.45) is -1.60. The summed E-state index contributed by atoms with van der Waals surface area (Å²) in [5.41, 5.74) is 1.39. The summed E-state index contributed by atoms with van der Waals surface area (Å²) < 4.78 is 11.4. The normalized spacial score (nSPS) is 13.1. The lowest BCUT2D eigenvalue weighted by Gasteiger charge is -2.18. The molecule has 1 heterocycles. The van der Waals surface area contributed by atoms with Crippen molar-refractivity contribution >= 4 is 27.6 Å². The van der Waals surface area contributed by atoms with Gasteiger partial charge in [-0.05, 0) is 43.0 Å². The van der Waals surface area contributed by atoms with E-state index in [1.54, 1.807) is 44.2 Å². The number of hydrogen-bond acceptors (Lipinski definition) is 5. The molecule has 3 aromatic carbocycles. The summed E-state index contributed by atoms with van der Waals surface area (Å²) in [6, 6.07) is 20.0. The third kappa shape index (κ3) is 4.15. The molecule has 6 heteroatoms. The molecule has 2 unspecified atom stereocenters. The Morgan fingerprint density at radius 2 is 1.68 bits per heavy atom. The average molecular weight is 417 g/mol. The third-order valence-electron chi connectivity index (χ3n) is 5.32. The average Bonchev–Trinajstić information content (AvgIpc) is 2.80. The first-order valence-electron chi connectivity index (χ1n) is 10.1. The van der Waals surface area contributed by atoms with Crippen LogP contribution in [0.15, 0.2) is 75.9 Å². The molecule has 0 aliphatic heterocycles. The molecule has 0 fully saturated rings. The first-order chi connectivity index (χ1) is 15.0. The predicted octanol–water partition coefficient (Wildman–Crippen LogP) is 3.87. The second-order valence-electron chi connectivity index (χ2n) is 7.43. The molecule has 0 aliphatic rings. The van der Waals surface area contributed by atoms with Crippen LogP contribution in [0.5, 0.6) is 5.75 Å². The molecule has 0 aliphatic carbocycles. The maximum absolute atomic E-state index is 12.5. The highest BCUT2D eigenvalue weighted by atomic mass is 16.5. The largest absolute Gasteiger partial charge is 0.480 e. The zero-order valence-electron chi connectivity index (χ0n) is 17.3. The predicted molar refractivity (Wildman–Crippen MR) is 119 cm³/mol. The Hall–Kier alpha value is -3.64. The Balaban J connectivity index is 1.51. The van der Waals surface area contributed by atoms with Gasteiger partial charge in [0.25, 0.3) is 5.91 Å². The van der Waals surface area contributed by atoms with E-state index in [2.05, 4.69) is 5.32 Å². The minimum absolute atomic E-state index is 0.0775. The van der Waals surface area contributed by atoms with Crippen molar-refractivity contribution in [2.45, 2.75) is 26.1 Å². The van der Waals surface area contributed by atoms with Crippen LogP contribution >= 0.6 is 0 Å². The van der Waals surface area contributed by atoms with Crippen molar-refractivity contribution in [1.29, 1.82) is 0 Å². The monoisotopic (exact) mass is 417 g/mol. The fourth-order valence-electron chi connectivity index (χ4n) is 3.57.